The standard InChI is InChI=1S/C11H24O6/c1-3-5-17-9(7-13)11(15)10(14)8(6-12)16-4-2/h8-15H,3-7H2,1-2H3. The monoisotopic (exact) mass is 252 g/mol. The molecule has 6 nitrogen and oxygen atoms in total. The van der Waals surface area contributed by atoms with E-state index in [0.29, 0.717) is 13.2 Å². The second kappa shape index (κ2) is 9.76. The molecule has 0 fully saturated rings. The van der Waals surface area contributed by atoms with E-state index in [1.807, 2.05) is 6.92 Å². The number of ether oxygens (including phenoxy) is 2. The van der Waals surface area contributed by atoms with Crippen LogP contribution in [0.15, 0.2) is 0 Å². The summed E-state index contributed by atoms with van der Waals surface area (Å²) < 4.78 is 10.3. The van der Waals surface area contributed by atoms with E-state index >= 15 is 0 Å². The van der Waals surface area contributed by atoms with Gasteiger partial charge in [-0.1, -0.05) is 6.92 Å². The van der Waals surface area contributed by atoms with Gasteiger partial charge in [-0.3, -0.25) is 0 Å². The van der Waals surface area contributed by atoms with Crippen LogP contribution < -0.4 is 0 Å². The number of hydrogen-bond donors (Lipinski definition) is 4. The molecule has 4 N–H and O–H groups in total. The third kappa shape index (κ3) is 5.76. The number of aliphatic hydroxyl groups is 4. The van der Waals surface area contributed by atoms with Gasteiger partial charge in [-0.25, -0.2) is 0 Å². The Hall–Kier alpha value is -0.240. The van der Waals surface area contributed by atoms with Gasteiger partial charge in [0.05, 0.1) is 13.2 Å². The van der Waals surface area contributed by atoms with Crippen molar-refractivity contribution < 1.29 is 29.9 Å². The van der Waals surface area contributed by atoms with Crippen molar-refractivity contribution in [2.75, 3.05) is 26.4 Å². The van der Waals surface area contributed by atoms with E-state index in [4.69, 9.17) is 19.7 Å². The molecule has 0 aromatic heterocycles. The van der Waals surface area contributed by atoms with Crippen LogP contribution in [-0.4, -0.2) is 71.3 Å². The highest BCUT2D eigenvalue weighted by Crippen LogP contribution is 2.11. The molecule has 0 heterocycles. The molecule has 4 atom stereocenters. The predicted molar refractivity (Wildman–Crippen MR) is 61.6 cm³/mol. The molecule has 0 saturated heterocycles. The van der Waals surface area contributed by atoms with E-state index in [-0.39, 0.29) is 0 Å². The first-order valence-electron chi connectivity index (χ1n) is 5.93. The molecule has 0 aliphatic rings. The Labute approximate surface area is 102 Å². The fourth-order valence-corrected chi connectivity index (χ4v) is 1.44. The zero-order valence-electron chi connectivity index (χ0n) is 10.5. The number of hydrogen-bond acceptors (Lipinski definition) is 6. The van der Waals surface area contributed by atoms with Crippen molar-refractivity contribution in [3.05, 3.63) is 0 Å². The van der Waals surface area contributed by atoms with Gasteiger partial charge in [0.15, 0.2) is 0 Å². The Morgan fingerprint density at radius 3 is 1.71 bits per heavy atom. The minimum Gasteiger partial charge on any atom is -0.394 e. The number of aliphatic hydroxyl groups excluding tert-OH is 4. The Balaban J connectivity index is 4.35. The molecule has 0 spiro atoms. The summed E-state index contributed by atoms with van der Waals surface area (Å²) in [5.41, 5.74) is 0. The highest BCUT2D eigenvalue weighted by molar-refractivity contribution is 4.82. The molecule has 0 rings (SSSR count). The minimum absolute atomic E-state index is 0.314. The topological polar surface area (TPSA) is 99.4 Å². The predicted octanol–water partition coefficient (Wildman–Crippen LogP) is -1.11. The van der Waals surface area contributed by atoms with Crippen LogP contribution in [0.2, 0.25) is 0 Å². The largest absolute Gasteiger partial charge is 0.394 e. The molecule has 17 heavy (non-hydrogen) atoms. The minimum atomic E-state index is -1.30. The average molecular weight is 252 g/mol. The summed E-state index contributed by atoms with van der Waals surface area (Å²) in [6.45, 7) is 3.51. The van der Waals surface area contributed by atoms with Crippen molar-refractivity contribution in [1.82, 2.24) is 0 Å². The molecule has 4 unspecified atom stereocenters. The Morgan fingerprint density at radius 1 is 0.882 bits per heavy atom. The molecule has 0 bridgehead atoms. The normalized spacial score (nSPS) is 18.7. The summed E-state index contributed by atoms with van der Waals surface area (Å²) in [5.74, 6) is 0. The fraction of sp³-hybridized carbons (Fsp3) is 1.00. The highest BCUT2D eigenvalue weighted by Gasteiger charge is 2.32. The van der Waals surface area contributed by atoms with Crippen molar-refractivity contribution in [1.29, 1.82) is 0 Å². The second-order valence-corrected chi connectivity index (χ2v) is 3.75. The van der Waals surface area contributed by atoms with Gasteiger partial charge >= 0.3 is 0 Å². The molecule has 0 saturated carbocycles. The van der Waals surface area contributed by atoms with Crippen LogP contribution in [0.3, 0.4) is 0 Å². The van der Waals surface area contributed by atoms with Crippen LogP contribution in [-0.2, 0) is 9.47 Å². The van der Waals surface area contributed by atoms with Gasteiger partial charge in [-0.2, -0.15) is 0 Å². The van der Waals surface area contributed by atoms with E-state index in [1.165, 1.54) is 0 Å². The molecule has 6 heteroatoms. The summed E-state index contributed by atoms with van der Waals surface area (Å²) in [6, 6.07) is 0. The third-order valence-corrected chi connectivity index (χ3v) is 2.39. The maximum absolute atomic E-state index is 9.81. The van der Waals surface area contributed by atoms with E-state index in [2.05, 4.69) is 0 Å². The molecular weight excluding hydrogens is 228 g/mol. The van der Waals surface area contributed by atoms with Crippen molar-refractivity contribution in [3.8, 4) is 0 Å². The maximum atomic E-state index is 9.81. The summed E-state index contributed by atoms with van der Waals surface area (Å²) in [6.07, 6.45) is -3.60. The first kappa shape index (κ1) is 16.8. The van der Waals surface area contributed by atoms with Crippen LogP contribution in [0, 0.1) is 0 Å². The van der Waals surface area contributed by atoms with Crippen LogP contribution in [0.25, 0.3) is 0 Å². The zero-order valence-corrected chi connectivity index (χ0v) is 10.5. The van der Waals surface area contributed by atoms with Crippen molar-refractivity contribution >= 4 is 0 Å². The SMILES string of the molecule is CCCOC(CO)C(O)C(O)C(CO)OCC. The van der Waals surface area contributed by atoms with E-state index in [9.17, 15) is 10.2 Å². The molecule has 0 aliphatic carbocycles. The summed E-state index contributed by atoms with van der Waals surface area (Å²) in [5, 5.41) is 37.7. The lowest BCUT2D eigenvalue weighted by molar-refractivity contribution is -0.153. The Kier molecular flexibility index (Phi) is 9.62. The van der Waals surface area contributed by atoms with Gasteiger partial charge in [0.1, 0.15) is 24.4 Å². The maximum Gasteiger partial charge on any atom is 0.111 e. The lowest BCUT2D eigenvalue weighted by atomic mass is 10.0. The van der Waals surface area contributed by atoms with Crippen LogP contribution in [0.4, 0.5) is 0 Å². The highest BCUT2D eigenvalue weighted by atomic mass is 16.5. The lowest BCUT2D eigenvalue weighted by Gasteiger charge is -2.29. The van der Waals surface area contributed by atoms with Crippen molar-refractivity contribution in [2.24, 2.45) is 0 Å². The smallest absolute Gasteiger partial charge is 0.111 e. The van der Waals surface area contributed by atoms with Gasteiger partial charge in [-0.15, -0.1) is 0 Å². The first-order valence-corrected chi connectivity index (χ1v) is 5.93. The first-order chi connectivity index (χ1) is 8.12. The summed E-state index contributed by atoms with van der Waals surface area (Å²) in [4.78, 5) is 0. The molecule has 0 amide bonds. The van der Waals surface area contributed by atoms with E-state index in [0.717, 1.165) is 6.42 Å². The Morgan fingerprint density at radius 2 is 1.35 bits per heavy atom. The molecule has 104 valence electrons. The zero-order chi connectivity index (χ0) is 13.3. The van der Waals surface area contributed by atoms with Crippen LogP contribution in [0.1, 0.15) is 20.3 Å². The second-order valence-electron chi connectivity index (χ2n) is 3.75. The van der Waals surface area contributed by atoms with Gasteiger partial charge in [0.25, 0.3) is 0 Å². The van der Waals surface area contributed by atoms with Gasteiger partial charge in [0, 0.05) is 13.2 Å². The van der Waals surface area contributed by atoms with E-state index in [1.54, 1.807) is 6.92 Å². The molecule has 0 aromatic rings. The van der Waals surface area contributed by atoms with Gasteiger partial charge < -0.3 is 29.9 Å². The van der Waals surface area contributed by atoms with Gasteiger partial charge in [-0.05, 0) is 13.3 Å². The van der Waals surface area contributed by atoms with Crippen LogP contribution >= 0.6 is 0 Å². The summed E-state index contributed by atoms with van der Waals surface area (Å²) in [7, 11) is 0. The van der Waals surface area contributed by atoms with Crippen molar-refractivity contribution in [2.45, 2.75) is 44.7 Å². The molecular formula is C11H24O6. The Bertz CT molecular complexity index is 177. The van der Waals surface area contributed by atoms with Gasteiger partial charge in [0.2, 0.25) is 0 Å². The van der Waals surface area contributed by atoms with E-state index < -0.39 is 37.6 Å². The lowest BCUT2D eigenvalue weighted by Crippen LogP contribution is -2.49. The van der Waals surface area contributed by atoms with Crippen molar-refractivity contribution in [3.63, 3.8) is 0 Å². The quantitative estimate of drug-likeness (QED) is 0.393. The molecule has 0 aromatic carbocycles. The molecule has 0 radical (unpaired) electrons. The van der Waals surface area contributed by atoms with Crippen LogP contribution in [0.5, 0.6) is 0 Å². The number of rotatable bonds is 10. The summed E-state index contributed by atoms with van der Waals surface area (Å²) >= 11 is 0. The third-order valence-electron chi connectivity index (χ3n) is 2.39. The molecule has 0 aliphatic heterocycles. The average Bonchev–Trinajstić information content (AvgIpc) is 2.35. The fourth-order valence-electron chi connectivity index (χ4n) is 1.44.